The van der Waals surface area contributed by atoms with Crippen LogP contribution in [0.15, 0.2) is 48.5 Å². The average Bonchev–Trinajstić information content (AvgIpc) is 2.72. The number of hydrogen-bond acceptors (Lipinski definition) is 4. The highest BCUT2D eigenvalue weighted by Crippen LogP contribution is 2.37. The number of carbonyl (C=O) groups excluding carboxylic acids is 1. The standard InChI is InChI=1S/C20H24N2O4S/c1-20(2)14-26-18-10-9-16(13-17(18)22(3)19(20)23)21-27(24,25)12-11-15-7-5-4-6-8-15/h4-10,13,21H,11-12,14H2,1-3H3. The van der Waals surface area contributed by atoms with Crippen LogP contribution in [0, 0.1) is 5.41 Å². The molecule has 1 amide bonds. The Labute approximate surface area is 160 Å². The van der Waals surface area contributed by atoms with Gasteiger partial charge in [-0.2, -0.15) is 0 Å². The number of fused-ring (bicyclic) bond motifs is 1. The molecule has 27 heavy (non-hydrogen) atoms. The Morgan fingerprint density at radius 2 is 1.85 bits per heavy atom. The van der Waals surface area contributed by atoms with E-state index in [1.165, 1.54) is 4.90 Å². The maximum Gasteiger partial charge on any atom is 0.235 e. The van der Waals surface area contributed by atoms with E-state index in [9.17, 15) is 13.2 Å². The van der Waals surface area contributed by atoms with Crippen molar-refractivity contribution < 1.29 is 17.9 Å². The van der Waals surface area contributed by atoms with Gasteiger partial charge >= 0.3 is 0 Å². The molecule has 0 radical (unpaired) electrons. The maximum absolute atomic E-state index is 12.6. The number of carbonyl (C=O) groups is 1. The van der Waals surface area contributed by atoms with Gasteiger partial charge < -0.3 is 9.64 Å². The third kappa shape index (κ3) is 4.42. The number of sulfonamides is 1. The molecule has 7 heteroatoms. The summed E-state index contributed by atoms with van der Waals surface area (Å²) in [6.45, 7) is 3.92. The third-order valence-corrected chi connectivity index (χ3v) is 5.86. The Hall–Kier alpha value is -2.54. The van der Waals surface area contributed by atoms with Crippen molar-refractivity contribution in [3.63, 3.8) is 0 Å². The summed E-state index contributed by atoms with van der Waals surface area (Å²) in [6, 6.07) is 14.4. The molecule has 2 aromatic carbocycles. The topological polar surface area (TPSA) is 75.7 Å². The van der Waals surface area contributed by atoms with Crippen LogP contribution in [-0.2, 0) is 21.2 Å². The lowest BCUT2D eigenvalue weighted by molar-refractivity contribution is -0.127. The minimum atomic E-state index is -3.52. The van der Waals surface area contributed by atoms with Gasteiger partial charge in [0.1, 0.15) is 12.4 Å². The predicted octanol–water partition coefficient (Wildman–Crippen LogP) is 3.05. The molecule has 0 aromatic heterocycles. The third-order valence-electron chi connectivity index (χ3n) is 4.57. The minimum absolute atomic E-state index is 0.0214. The molecular formula is C20H24N2O4S. The Morgan fingerprint density at radius 3 is 2.56 bits per heavy atom. The number of amides is 1. The summed E-state index contributed by atoms with van der Waals surface area (Å²) in [6.07, 6.45) is 0.427. The average molecular weight is 388 g/mol. The smallest absolute Gasteiger partial charge is 0.235 e. The van der Waals surface area contributed by atoms with E-state index in [-0.39, 0.29) is 18.3 Å². The number of benzene rings is 2. The van der Waals surface area contributed by atoms with Crippen LogP contribution in [0.4, 0.5) is 11.4 Å². The fourth-order valence-electron chi connectivity index (χ4n) is 2.98. The van der Waals surface area contributed by atoms with E-state index in [1.54, 1.807) is 25.2 Å². The number of hydrogen-bond donors (Lipinski definition) is 1. The molecule has 0 saturated heterocycles. The van der Waals surface area contributed by atoms with Crippen molar-refractivity contribution in [2.24, 2.45) is 5.41 Å². The van der Waals surface area contributed by atoms with Gasteiger partial charge in [0.15, 0.2) is 0 Å². The molecule has 0 unspecified atom stereocenters. The highest BCUT2D eigenvalue weighted by Gasteiger charge is 2.36. The second-order valence-corrected chi connectivity index (χ2v) is 9.22. The quantitative estimate of drug-likeness (QED) is 0.854. The van der Waals surface area contributed by atoms with Crippen molar-refractivity contribution in [1.29, 1.82) is 0 Å². The Kier molecular flexibility index (Phi) is 5.15. The predicted molar refractivity (Wildman–Crippen MR) is 107 cm³/mol. The van der Waals surface area contributed by atoms with Crippen LogP contribution >= 0.6 is 0 Å². The molecule has 144 valence electrons. The number of anilines is 2. The van der Waals surface area contributed by atoms with Crippen molar-refractivity contribution in [3.8, 4) is 5.75 Å². The number of ether oxygens (including phenoxy) is 1. The summed E-state index contributed by atoms with van der Waals surface area (Å²) in [5, 5.41) is 0. The van der Waals surface area contributed by atoms with Crippen LogP contribution in [0.1, 0.15) is 19.4 Å². The molecule has 3 rings (SSSR count). The zero-order valence-electron chi connectivity index (χ0n) is 15.7. The molecule has 1 N–H and O–H groups in total. The van der Waals surface area contributed by atoms with Crippen LogP contribution in [0.2, 0.25) is 0 Å². The molecule has 6 nitrogen and oxygen atoms in total. The zero-order chi connectivity index (χ0) is 19.7. The number of nitrogens with one attached hydrogen (secondary N) is 1. The summed E-state index contributed by atoms with van der Waals surface area (Å²) in [4.78, 5) is 14.1. The van der Waals surface area contributed by atoms with Gasteiger partial charge in [0, 0.05) is 7.05 Å². The van der Waals surface area contributed by atoms with Gasteiger partial charge in [0.25, 0.3) is 0 Å². The van der Waals surface area contributed by atoms with Gasteiger partial charge in [-0.1, -0.05) is 30.3 Å². The van der Waals surface area contributed by atoms with Crippen molar-refractivity contribution in [2.75, 3.05) is 29.0 Å². The van der Waals surface area contributed by atoms with E-state index < -0.39 is 15.4 Å². The lowest BCUT2D eigenvalue weighted by Gasteiger charge is -2.24. The van der Waals surface area contributed by atoms with Gasteiger partial charge in [-0.15, -0.1) is 0 Å². The molecule has 0 atom stereocenters. The minimum Gasteiger partial charge on any atom is -0.490 e. The van der Waals surface area contributed by atoms with Crippen molar-refractivity contribution in [1.82, 2.24) is 0 Å². The first kappa shape index (κ1) is 19.2. The lowest BCUT2D eigenvalue weighted by Crippen LogP contribution is -2.39. The summed E-state index contributed by atoms with van der Waals surface area (Å²) < 4.78 is 33.2. The first-order valence-electron chi connectivity index (χ1n) is 8.77. The normalized spacial score (nSPS) is 16.3. The summed E-state index contributed by atoms with van der Waals surface area (Å²) in [5.74, 6) is 0.459. The van der Waals surface area contributed by atoms with E-state index in [2.05, 4.69) is 4.72 Å². The van der Waals surface area contributed by atoms with Crippen LogP contribution < -0.4 is 14.4 Å². The van der Waals surface area contributed by atoms with Gasteiger partial charge in [-0.3, -0.25) is 9.52 Å². The molecule has 1 aliphatic heterocycles. The van der Waals surface area contributed by atoms with Gasteiger partial charge in [0.05, 0.1) is 22.5 Å². The second-order valence-electron chi connectivity index (χ2n) is 7.38. The van der Waals surface area contributed by atoms with Crippen LogP contribution in [0.5, 0.6) is 5.75 Å². The van der Waals surface area contributed by atoms with Crippen LogP contribution in [0.25, 0.3) is 0 Å². The Bertz CT molecular complexity index is 940. The van der Waals surface area contributed by atoms with E-state index >= 15 is 0 Å². The number of nitrogens with zero attached hydrogens (tertiary/aromatic N) is 1. The zero-order valence-corrected chi connectivity index (χ0v) is 16.5. The van der Waals surface area contributed by atoms with E-state index in [0.29, 0.717) is 23.5 Å². The first-order chi connectivity index (χ1) is 12.7. The van der Waals surface area contributed by atoms with E-state index in [1.807, 2.05) is 44.2 Å². The Balaban J connectivity index is 1.77. The largest absolute Gasteiger partial charge is 0.490 e. The van der Waals surface area contributed by atoms with Crippen molar-refractivity contribution >= 4 is 27.3 Å². The SMILES string of the molecule is CN1C(=O)C(C)(C)COc2ccc(NS(=O)(=O)CCc3ccccc3)cc21. The molecule has 0 fully saturated rings. The van der Waals surface area contributed by atoms with E-state index in [0.717, 1.165) is 5.56 Å². The van der Waals surface area contributed by atoms with Crippen LogP contribution in [-0.4, -0.2) is 33.7 Å². The van der Waals surface area contributed by atoms with Crippen molar-refractivity contribution in [3.05, 3.63) is 54.1 Å². The Morgan fingerprint density at radius 1 is 1.15 bits per heavy atom. The number of rotatable bonds is 5. The molecular weight excluding hydrogens is 364 g/mol. The highest BCUT2D eigenvalue weighted by molar-refractivity contribution is 7.92. The maximum atomic E-state index is 12.6. The molecule has 2 aromatic rings. The van der Waals surface area contributed by atoms with E-state index in [4.69, 9.17) is 4.74 Å². The van der Waals surface area contributed by atoms with Gasteiger partial charge in [-0.05, 0) is 44.0 Å². The van der Waals surface area contributed by atoms with Gasteiger partial charge in [-0.25, -0.2) is 8.42 Å². The first-order valence-corrected chi connectivity index (χ1v) is 10.4. The fourth-order valence-corrected chi connectivity index (χ4v) is 4.07. The molecule has 0 bridgehead atoms. The highest BCUT2D eigenvalue weighted by atomic mass is 32.2. The summed E-state index contributed by atoms with van der Waals surface area (Å²) >= 11 is 0. The van der Waals surface area contributed by atoms with Crippen molar-refractivity contribution in [2.45, 2.75) is 20.3 Å². The summed E-state index contributed by atoms with van der Waals surface area (Å²) in [7, 11) is -1.84. The molecule has 1 heterocycles. The molecule has 0 saturated carbocycles. The molecule has 0 spiro atoms. The second kappa shape index (κ2) is 7.23. The number of aryl methyl sites for hydroxylation is 1. The molecule has 0 aliphatic carbocycles. The van der Waals surface area contributed by atoms with Gasteiger partial charge in [0.2, 0.25) is 15.9 Å². The summed E-state index contributed by atoms with van der Waals surface area (Å²) in [5.41, 5.74) is 1.27. The fraction of sp³-hybridized carbons (Fsp3) is 0.350. The van der Waals surface area contributed by atoms with Crippen LogP contribution in [0.3, 0.4) is 0 Å². The monoisotopic (exact) mass is 388 g/mol. The molecule has 1 aliphatic rings. The lowest BCUT2D eigenvalue weighted by atomic mass is 9.93.